The first-order chi connectivity index (χ1) is 15.1. The average Bonchev–Trinajstić information content (AvgIpc) is 3.51. The highest BCUT2D eigenvalue weighted by Gasteiger charge is 2.16. The Morgan fingerprint density at radius 3 is 2.87 bits per heavy atom. The minimum atomic E-state index is -0.345. The van der Waals surface area contributed by atoms with Crippen LogP contribution in [0.3, 0.4) is 0 Å². The van der Waals surface area contributed by atoms with E-state index < -0.39 is 0 Å². The second-order valence-electron chi connectivity index (χ2n) is 6.28. The number of nitrogens with zero attached hydrogens (tertiary/aromatic N) is 4. The highest BCUT2D eigenvalue weighted by molar-refractivity contribution is 7.99. The summed E-state index contributed by atoms with van der Waals surface area (Å²) in [5.41, 5.74) is 0.849. The Labute approximate surface area is 185 Å². The lowest BCUT2D eigenvalue weighted by Gasteiger charge is -2.08. The minimum absolute atomic E-state index is 0.143. The second kappa shape index (κ2) is 9.58. The summed E-state index contributed by atoms with van der Waals surface area (Å²) < 4.78 is 7.88. The zero-order chi connectivity index (χ0) is 21.6. The third-order valence-electron chi connectivity index (χ3n) is 4.13. The number of rotatable bonds is 9. The fourth-order valence-corrected chi connectivity index (χ4v) is 4.38. The normalized spacial score (nSPS) is 10.8. The van der Waals surface area contributed by atoms with Gasteiger partial charge in [0.25, 0.3) is 5.91 Å². The Bertz CT molecular complexity index is 1180. The second-order valence-corrected chi connectivity index (χ2v) is 8.25. The number of thioether (sulfide) groups is 1. The molecule has 11 heteroatoms. The molecule has 0 saturated carbocycles. The van der Waals surface area contributed by atoms with E-state index in [1.807, 2.05) is 24.3 Å². The molecular weight excluding hydrogens is 436 g/mol. The summed E-state index contributed by atoms with van der Waals surface area (Å²) in [5, 5.41) is 15.0. The van der Waals surface area contributed by atoms with Crippen LogP contribution in [0.15, 0.2) is 64.9 Å². The van der Waals surface area contributed by atoms with Gasteiger partial charge in [0.1, 0.15) is 0 Å². The van der Waals surface area contributed by atoms with Crippen LogP contribution >= 0.6 is 23.1 Å². The summed E-state index contributed by atoms with van der Waals surface area (Å²) >= 11 is 2.67. The molecule has 31 heavy (non-hydrogen) atoms. The van der Waals surface area contributed by atoms with Crippen LogP contribution in [0.5, 0.6) is 0 Å². The van der Waals surface area contributed by atoms with Crippen molar-refractivity contribution >= 4 is 50.3 Å². The van der Waals surface area contributed by atoms with Gasteiger partial charge in [-0.2, -0.15) is 0 Å². The smallest absolute Gasteiger partial charge is 0.287 e. The van der Waals surface area contributed by atoms with Crippen LogP contribution in [0.4, 0.5) is 5.13 Å². The first-order valence-corrected chi connectivity index (χ1v) is 11.1. The number of carbonyl (C=O) groups excluding carboxylic acids is 2. The van der Waals surface area contributed by atoms with Crippen LogP contribution in [0, 0.1) is 0 Å². The zero-order valence-electron chi connectivity index (χ0n) is 16.3. The fraction of sp³-hybridized carbons (Fsp3) is 0.150. The van der Waals surface area contributed by atoms with Crippen molar-refractivity contribution < 1.29 is 14.0 Å². The summed E-state index contributed by atoms with van der Waals surface area (Å²) in [4.78, 5) is 28.8. The summed E-state index contributed by atoms with van der Waals surface area (Å²) in [6, 6.07) is 10.9. The lowest BCUT2D eigenvalue weighted by Crippen LogP contribution is -2.24. The van der Waals surface area contributed by atoms with E-state index >= 15 is 0 Å². The Morgan fingerprint density at radius 2 is 2.10 bits per heavy atom. The van der Waals surface area contributed by atoms with Crippen molar-refractivity contribution in [3.63, 3.8) is 0 Å². The molecule has 1 aromatic carbocycles. The number of nitrogens with one attached hydrogen (secondary N) is 2. The van der Waals surface area contributed by atoms with Crippen LogP contribution in [-0.4, -0.2) is 37.3 Å². The van der Waals surface area contributed by atoms with Crippen molar-refractivity contribution in [3.8, 4) is 0 Å². The quantitative estimate of drug-likeness (QED) is 0.294. The molecule has 2 amide bonds. The van der Waals surface area contributed by atoms with Crippen LogP contribution in [0.1, 0.15) is 16.4 Å². The molecule has 0 fully saturated rings. The number of hydrogen-bond acceptors (Lipinski definition) is 8. The Morgan fingerprint density at radius 1 is 1.23 bits per heavy atom. The van der Waals surface area contributed by atoms with Crippen LogP contribution in [0.25, 0.3) is 10.2 Å². The zero-order valence-corrected chi connectivity index (χ0v) is 17.9. The number of allylic oxidation sites excluding steroid dienone is 1. The maximum Gasteiger partial charge on any atom is 0.287 e. The monoisotopic (exact) mass is 454 g/mol. The standard InChI is InChI=1S/C20H18N6O3S2/c1-2-9-26-16(11-21-18(28)14-7-5-10-29-14)24-25-20(26)30-12-17(27)23-19-22-13-6-3-4-8-15(13)31-19/h2-8,10H,1,9,11-12H2,(H,21,28)(H,22,23,27). The molecule has 4 aromatic rings. The van der Waals surface area contributed by atoms with Crippen molar-refractivity contribution in [1.82, 2.24) is 25.1 Å². The van der Waals surface area contributed by atoms with Gasteiger partial charge in [0.05, 0.1) is 28.8 Å². The van der Waals surface area contributed by atoms with E-state index in [-0.39, 0.29) is 29.9 Å². The van der Waals surface area contributed by atoms with Gasteiger partial charge in [-0.25, -0.2) is 4.98 Å². The number of carbonyl (C=O) groups is 2. The Balaban J connectivity index is 1.36. The number of hydrogen-bond donors (Lipinski definition) is 2. The van der Waals surface area contributed by atoms with Gasteiger partial charge in [0, 0.05) is 6.54 Å². The van der Waals surface area contributed by atoms with Gasteiger partial charge in [-0.15, -0.1) is 16.8 Å². The summed E-state index contributed by atoms with van der Waals surface area (Å²) in [6.07, 6.45) is 3.13. The SMILES string of the molecule is C=CCn1c(CNC(=O)c2ccco2)nnc1SCC(=O)Nc1nc2ccccc2s1. The van der Waals surface area contributed by atoms with Gasteiger partial charge in [0.2, 0.25) is 5.91 Å². The highest BCUT2D eigenvalue weighted by Crippen LogP contribution is 2.26. The first kappa shape index (κ1) is 20.8. The molecule has 158 valence electrons. The summed E-state index contributed by atoms with van der Waals surface area (Å²) in [7, 11) is 0. The van der Waals surface area contributed by atoms with Crippen molar-refractivity contribution in [2.45, 2.75) is 18.2 Å². The number of thiazole rings is 1. The van der Waals surface area contributed by atoms with E-state index in [1.165, 1.54) is 29.4 Å². The van der Waals surface area contributed by atoms with E-state index in [1.54, 1.807) is 22.8 Å². The molecule has 0 radical (unpaired) electrons. The van der Waals surface area contributed by atoms with Crippen LogP contribution in [-0.2, 0) is 17.9 Å². The number of benzene rings is 1. The predicted molar refractivity (Wildman–Crippen MR) is 119 cm³/mol. The van der Waals surface area contributed by atoms with E-state index in [0.717, 1.165) is 10.2 Å². The van der Waals surface area contributed by atoms with Crippen molar-refractivity contribution in [1.29, 1.82) is 0 Å². The maximum atomic E-state index is 12.4. The number of para-hydroxylation sites is 1. The topological polar surface area (TPSA) is 115 Å². The van der Waals surface area contributed by atoms with Crippen molar-refractivity contribution in [2.75, 3.05) is 11.1 Å². The first-order valence-electron chi connectivity index (χ1n) is 9.27. The number of amides is 2. The van der Waals surface area contributed by atoms with E-state index in [2.05, 4.69) is 32.4 Å². The molecule has 0 aliphatic rings. The molecular formula is C20H18N6O3S2. The van der Waals surface area contributed by atoms with Gasteiger partial charge in [-0.3, -0.25) is 9.59 Å². The van der Waals surface area contributed by atoms with Crippen molar-refractivity contribution in [2.24, 2.45) is 0 Å². The molecule has 0 bridgehead atoms. The molecule has 4 rings (SSSR count). The Kier molecular flexibility index (Phi) is 6.43. The Hall–Kier alpha value is -3.44. The van der Waals surface area contributed by atoms with Gasteiger partial charge >= 0.3 is 0 Å². The molecule has 0 aliphatic heterocycles. The number of furan rings is 1. The minimum Gasteiger partial charge on any atom is -0.459 e. The molecule has 0 unspecified atom stereocenters. The van der Waals surface area contributed by atoms with E-state index in [0.29, 0.717) is 22.7 Å². The molecule has 0 spiro atoms. The lowest BCUT2D eigenvalue weighted by atomic mass is 10.3. The predicted octanol–water partition coefficient (Wildman–Crippen LogP) is 3.33. The maximum absolute atomic E-state index is 12.4. The highest BCUT2D eigenvalue weighted by atomic mass is 32.2. The van der Waals surface area contributed by atoms with Gasteiger partial charge in [-0.05, 0) is 24.3 Å². The molecule has 3 aromatic heterocycles. The number of anilines is 1. The van der Waals surface area contributed by atoms with Gasteiger partial charge in [-0.1, -0.05) is 41.3 Å². The third-order valence-corrected chi connectivity index (χ3v) is 6.05. The number of aromatic nitrogens is 4. The lowest BCUT2D eigenvalue weighted by molar-refractivity contribution is -0.113. The largest absolute Gasteiger partial charge is 0.459 e. The third kappa shape index (κ3) is 5.01. The van der Waals surface area contributed by atoms with Gasteiger partial charge < -0.3 is 19.6 Å². The molecule has 2 N–H and O–H groups in total. The number of fused-ring (bicyclic) bond motifs is 1. The van der Waals surface area contributed by atoms with Crippen LogP contribution < -0.4 is 10.6 Å². The van der Waals surface area contributed by atoms with Crippen molar-refractivity contribution in [3.05, 3.63) is 66.9 Å². The summed E-state index contributed by atoms with van der Waals surface area (Å²) in [5.74, 6) is 0.376. The molecule has 0 atom stereocenters. The molecule has 3 heterocycles. The van der Waals surface area contributed by atoms with E-state index in [4.69, 9.17) is 4.42 Å². The molecule has 0 saturated heterocycles. The fourth-order valence-electron chi connectivity index (χ4n) is 2.73. The van der Waals surface area contributed by atoms with E-state index in [9.17, 15) is 9.59 Å². The molecule has 9 nitrogen and oxygen atoms in total. The molecule has 0 aliphatic carbocycles. The summed E-state index contributed by atoms with van der Waals surface area (Å²) in [6.45, 7) is 4.36. The van der Waals surface area contributed by atoms with Crippen LogP contribution in [0.2, 0.25) is 0 Å². The van der Waals surface area contributed by atoms with Gasteiger partial charge in [0.15, 0.2) is 21.9 Å². The average molecular weight is 455 g/mol.